The van der Waals surface area contributed by atoms with Crippen molar-refractivity contribution in [3.63, 3.8) is 0 Å². The van der Waals surface area contributed by atoms with Crippen LogP contribution >= 0.6 is 0 Å². The van der Waals surface area contributed by atoms with Gasteiger partial charge in [0.2, 0.25) is 0 Å². The van der Waals surface area contributed by atoms with E-state index in [9.17, 15) is 14.9 Å². The highest BCUT2D eigenvalue weighted by atomic mass is 16.6. The molecule has 0 radical (unpaired) electrons. The highest BCUT2D eigenvalue weighted by molar-refractivity contribution is 5.96. The predicted molar refractivity (Wildman–Crippen MR) is 79.8 cm³/mol. The van der Waals surface area contributed by atoms with E-state index in [4.69, 9.17) is 5.84 Å². The van der Waals surface area contributed by atoms with Crippen LogP contribution in [0.1, 0.15) is 37.0 Å². The van der Waals surface area contributed by atoms with Gasteiger partial charge in [-0.15, -0.1) is 0 Å². The summed E-state index contributed by atoms with van der Waals surface area (Å²) in [4.78, 5) is 24.9. The Bertz CT molecular complexity index is 559. The summed E-state index contributed by atoms with van der Waals surface area (Å²) in [7, 11) is 0. The van der Waals surface area contributed by atoms with Crippen molar-refractivity contribution in [1.82, 2.24) is 4.90 Å². The minimum atomic E-state index is -0.546. The van der Waals surface area contributed by atoms with Gasteiger partial charge in [-0.2, -0.15) is 0 Å². The monoisotopic (exact) mass is 292 g/mol. The normalized spacial score (nSPS) is 18.1. The number of nitro benzene ring substituents is 1. The summed E-state index contributed by atoms with van der Waals surface area (Å²) in [6, 6.07) is 4.52. The van der Waals surface area contributed by atoms with Crippen LogP contribution in [0.25, 0.3) is 0 Å². The number of benzene rings is 1. The number of amides is 1. The molecule has 0 aliphatic carbocycles. The van der Waals surface area contributed by atoms with Gasteiger partial charge in [-0.3, -0.25) is 20.8 Å². The molecule has 0 aromatic heterocycles. The number of nitrogens with two attached hydrogens (primary N) is 1. The molecule has 1 aliphatic rings. The van der Waals surface area contributed by atoms with Crippen LogP contribution in [-0.2, 0) is 0 Å². The zero-order valence-corrected chi connectivity index (χ0v) is 12.2. The first-order chi connectivity index (χ1) is 9.95. The van der Waals surface area contributed by atoms with Gasteiger partial charge in [0.05, 0.1) is 4.92 Å². The summed E-state index contributed by atoms with van der Waals surface area (Å²) in [5.41, 5.74) is 2.60. The molecular formula is C14H20N4O3. The largest absolute Gasteiger partial charge is 0.335 e. The number of carbonyl (C=O) groups excluding carboxylic acids is 1. The molecular weight excluding hydrogens is 272 g/mol. The molecule has 0 bridgehead atoms. The lowest BCUT2D eigenvalue weighted by Crippen LogP contribution is -2.38. The first-order valence-corrected chi connectivity index (χ1v) is 7.01. The Morgan fingerprint density at radius 3 is 2.81 bits per heavy atom. The molecule has 1 aromatic carbocycles. The second-order valence-electron chi connectivity index (χ2n) is 5.59. The lowest BCUT2D eigenvalue weighted by atomic mass is 10.0. The molecule has 1 aromatic rings. The third-order valence-corrected chi connectivity index (χ3v) is 3.93. The Kier molecular flexibility index (Phi) is 4.42. The van der Waals surface area contributed by atoms with Gasteiger partial charge in [0.25, 0.3) is 11.6 Å². The highest BCUT2D eigenvalue weighted by Crippen LogP contribution is 2.29. The Morgan fingerprint density at radius 1 is 1.52 bits per heavy atom. The standard InChI is InChI=1S/C14H20N4O3/c1-9(2)12-4-3-7-17(12)14(19)10-5-6-11(16-15)13(8-10)18(20)21/h5-6,8-9,12,16H,3-4,7,15H2,1-2H3. The maximum atomic E-state index is 12.6. The molecule has 7 nitrogen and oxygen atoms in total. The lowest BCUT2D eigenvalue weighted by Gasteiger charge is -2.27. The minimum absolute atomic E-state index is 0.155. The second-order valence-corrected chi connectivity index (χ2v) is 5.59. The molecule has 2 rings (SSSR count). The Labute approximate surface area is 123 Å². The van der Waals surface area contributed by atoms with E-state index < -0.39 is 4.92 Å². The fraction of sp³-hybridized carbons (Fsp3) is 0.500. The molecule has 1 saturated heterocycles. The van der Waals surface area contributed by atoms with Crippen LogP contribution in [0.4, 0.5) is 11.4 Å². The van der Waals surface area contributed by atoms with E-state index in [1.165, 1.54) is 12.1 Å². The third kappa shape index (κ3) is 2.97. The van der Waals surface area contributed by atoms with Crippen LogP contribution in [0.3, 0.4) is 0 Å². The fourth-order valence-electron chi connectivity index (χ4n) is 2.84. The summed E-state index contributed by atoms with van der Waals surface area (Å²) in [6.45, 7) is 4.87. The number of nitro groups is 1. The van der Waals surface area contributed by atoms with Crippen LogP contribution < -0.4 is 11.3 Å². The van der Waals surface area contributed by atoms with Crippen LogP contribution in [0.5, 0.6) is 0 Å². The number of nitrogen functional groups attached to an aromatic ring is 1. The van der Waals surface area contributed by atoms with E-state index in [0.717, 1.165) is 12.8 Å². The topological polar surface area (TPSA) is 102 Å². The zero-order valence-electron chi connectivity index (χ0n) is 12.2. The van der Waals surface area contributed by atoms with Crippen LogP contribution in [0.15, 0.2) is 18.2 Å². The van der Waals surface area contributed by atoms with Gasteiger partial charge in [0, 0.05) is 24.2 Å². The average molecular weight is 292 g/mol. The second kappa shape index (κ2) is 6.09. The molecule has 1 atom stereocenters. The number of anilines is 1. The molecule has 114 valence electrons. The van der Waals surface area contributed by atoms with E-state index in [1.54, 1.807) is 6.07 Å². The number of carbonyl (C=O) groups is 1. The number of nitrogens with one attached hydrogen (secondary N) is 1. The van der Waals surface area contributed by atoms with E-state index in [0.29, 0.717) is 18.0 Å². The number of hydrogen-bond acceptors (Lipinski definition) is 5. The predicted octanol–water partition coefficient (Wildman–Crippen LogP) is 2.14. The van der Waals surface area contributed by atoms with Crippen LogP contribution in [-0.4, -0.2) is 28.3 Å². The van der Waals surface area contributed by atoms with Crippen molar-refractivity contribution in [1.29, 1.82) is 0 Å². The first kappa shape index (κ1) is 15.2. The summed E-state index contributed by atoms with van der Waals surface area (Å²) in [5.74, 6) is 5.47. The molecule has 1 aliphatic heterocycles. The van der Waals surface area contributed by atoms with Crippen LogP contribution in [0.2, 0.25) is 0 Å². The number of likely N-dealkylation sites (tertiary alicyclic amines) is 1. The Hall–Kier alpha value is -2.15. The van der Waals surface area contributed by atoms with Gasteiger partial charge in [0.1, 0.15) is 5.69 Å². The molecule has 1 unspecified atom stereocenters. The van der Waals surface area contributed by atoms with Crippen molar-refractivity contribution >= 4 is 17.3 Å². The number of rotatable bonds is 4. The average Bonchev–Trinajstić information content (AvgIpc) is 2.95. The third-order valence-electron chi connectivity index (χ3n) is 3.93. The highest BCUT2D eigenvalue weighted by Gasteiger charge is 2.32. The summed E-state index contributed by atoms with van der Waals surface area (Å²) >= 11 is 0. The maximum absolute atomic E-state index is 12.6. The molecule has 1 heterocycles. The number of hydrazine groups is 1. The molecule has 3 N–H and O–H groups in total. The van der Waals surface area contributed by atoms with E-state index in [-0.39, 0.29) is 23.3 Å². The van der Waals surface area contributed by atoms with Gasteiger partial charge in [-0.1, -0.05) is 13.8 Å². The first-order valence-electron chi connectivity index (χ1n) is 7.01. The molecule has 0 spiro atoms. The molecule has 1 amide bonds. The molecule has 1 fully saturated rings. The quantitative estimate of drug-likeness (QED) is 0.503. The van der Waals surface area contributed by atoms with E-state index >= 15 is 0 Å². The van der Waals surface area contributed by atoms with Gasteiger partial charge in [-0.05, 0) is 30.9 Å². The van der Waals surface area contributed by atoms with Gasteiger partial charge in [0.15, 0.2) is 0 Å². The van der Waals surface area contributed by atoms with Crippen molar-refractivity contribution in [2.24, 2.45) is 11.8 Å². The number of hydrogen-bond donors (Lipinski definition) is 2. The van der Waals surface area contributed by atoms with Crippen molar-refractivity contribution in [2.45, 2.75) is 32.7 Å². The fourth-order valence-corrected chi connectivity index (χ4v) is 2.84. The molecule has 0 saturated carbocycles. The van der Waals surface area contributed by atoms with E-state index in [2.05, 4.69) is 19.3 Å². The molecule has 7 heteroatoms. The Balaban J connectivity index is 2.31. The van der Waals surface area contributed by atoms with E-state index in [1.807, 2.05) is 4.90 Å². The van der Waals surface area contributed by atoms with Crippen molar-refractivity contribution in [3.05, 3.63) is 33.9 Å². The van der Waals surface area contributed by atoms with Crippen molar-refractivity contribution in [2.75, 3.05) is 12.0 Å². The van der Waals surface area contributed by atoms with Crippen molar-refractivity contribution in [3.8, 4) is 0 Å². The van der Waals surface area contributed by atoms with Crippen molar-refractivity contribution < 1.29 is 9.72 Å². The summed E-state index contributed by atoms with van der Waals surface area (Å²) in [5, 5.41) is 11.0. The van der Waals surface area contributed by atoms with Crippen LogP contribution in [0, 0.1) is 16.0 Å². The minimum Gasteiger partial charge on any atom is -0.335 e. The maximum Gasteiger partial charge on any atom is 0.294 e. The molecule has 21 heavy (non-hydrogen) atoms. The Morgan fingerprint density at radius 2 is 2.24 bits per heavy atom. The van der Waals surface area contributed by atoms with Gasteiger partial charge >= 0.3 is 0 Å². The number of nitrogens with zero attached hydrogens (tertiary/aromatic N) is 2. The summed E-state index contributed by atoms with van der Waals surface area (Å²) < 4.78 is 0. The summed E-state index contributed by atoms with van der Waals surface area (Å²) in [6.07, 6.45) is 1.95. The SMILES string of the molecule is CC(C)C1CCCN1C(=O)c1ccc(NN)c([N+](=O)[O-])c1. The zero-order chi connectivity index (χ0) is 15.6. The van der Waals surface area contributed by atoms with Gasteiger partial charge in [-0.25, -0.2) is 0 Å². The van der Waals surface area contributed by atoms with Gasteiger partial charge < -0.3 is 10.3 Å². The lowest BCUT2D eigenvalue weighted by molar-refractivity contribution is -0.384. The smallest absolute Gasteiger partial charge is 0.294 e.